The Balaban J connectivity index is 5.24. The molecule has 0 aromatic rings. The molecule has 0 rings (SSSR count). The minimum atomic E-state index is -4.96. The molecule has 0 spiro atoms. The lowest BCUT2D eigenvalue weighted by atomic mass is 9.99. The number of aliphatic hydroxyl groups excluding tert-OH is 1. The van der Waals surface area contributed by atoms with Crippen molar-refractivity contribution < 1.29 is 80.2 Å². The zero-order chi connectivity index (χ0) is 75.6. The number of ether oxygens (including phenoxy) is 4. The van der Waals surface area contributed by atoms with E-state index in [9.17, 15) is 43.2 Å². The van der Waals surface area contributed by atoms with Crippen molar-refractivity contribution in [2.45, 2.75) is 464 Å². The number of rotatable bonds is 83. The fourth-order valence-electron chi connectivity index (χ4n) is 13.0. The highest BCUT2D eigenvalue weighted by atomic mass is 31.2. The fraction of sp³-hybridized carbons (Fsp3) is 0.952. The number of phosphoric acid groups is 2. The van der Waals surface area contributed by atoms with E-state index in [1.807, 2.05) is 0 Å². The molecule has 3 unspecified atom stereocenters. The first-order valence-electron chi connectivity index (χ1n) is 43.5. The van der Waals surface area contributed by atoms with Crippen LogP contribution in [0.4, 0.5) is 0 Å². The van der Waals surface area contributed by atoms with Gasteiger partial charge in [-0.15, -0.1) is 0 Å². The molecule has 6 atom stereocenters. The number of unbranched alkanes of at least 4 members (excludes halogenated alkanes) is 52. The molecule has 0 heterocycles. The van der Waals surface area contributed by atoms with Crippen LogP contribution in [-0.2, 0) is 65.4 Å². The number of phosphoric ester groups is 2. The van der Waals surface area contributed by atoms with Gasteiger partial charge in [0.25, 0.3) is 0 Å². The molecular formula is C84H164O17P2. The van der Waals surface area contributed by atoms with E-state index in [-0.39, 0.29) is 25.7 Å². The van der Waals surface area contributed by atoms with Crippen LogP contribution < -0.4 is 0 Å². The average molecular weight is 1510 g/mol. The molecule has 103 heavy (non-hydrogen) atoms. The van der Waals surface area contributed by atoms with Gasteiger partial charge in [-0.1, -0.05) is 395 Å². The molecule has 19 heteroatoms. The normalized spacial score (nSPS) is 14.1. The van der Waals surface area contributed by atoms with Crippen LogP contribution in [-0.4, -0.2) is 96.7 Å². The third-order valence-electron chi connectivity index (χ3n) is 20.1. The largest absolute Gasteiger partial charge is 0.472 e. The Bertz CT molecular complexity index is 1980. The number of hydrogen-bond acceptors (Lipinski definition) is 15. The fourth-order valence-corrected chi connectivity index (χ4v) is 14.6. The highest BCUT2D eigenvalue weighted by Gasteiger charge is 2.30. The van der Waals surface area contributed by atoms with E-state index < -0.39 is 97.5 Å². The molecule has 0 amide bonds. The molecule has 0 fully saturated rings. The quantitative estimate of drug-likeness (QED) is 0.0222. The zero-order valence-corrected chi connectivity index (χ0v) is 69.4. The van der Waals surface area contributed by atoms with E-state index in [0.29, 0.717) is 25.7 Å². The second kappa shape index (κ2) is 75.5. The molecule has 0 saturated carbocycles. The van der Waals surface area contributed by atoms with E-state index in [0.717, 1.165) is 102 Å². The van der Waals surface area contributed by atoms with Crippen molar-refractivity contribution in [3.63, 3.8) is 0 Å². The minimum Gasteiger partial charge on any atom is -0.462 e. The van der Waals surface area contributed by atoms with Gasteiger partial charge in [0.05, 0.1) is 26.4 Å². The Morgan fingerprint density at radius 3 is 0.738 bits per heavy atom. The maximum atomic E-state index is 13.1. The van der Waals surface area contributed by atoms with E-state index >= 15 is 0 Å². The number of esters is 4. The van der Waals surface area contributed by atoms with Crippen molar-refractivity contribution in [1.29, 1.82) is 0 Å². The Morgan fingerprint density at radius 1 is 0.282 bits per heavy atom. The monoisotopic (exact) mass is 1510 g/mol. The van der Waals surface area contributed by atoms with Crippen molar-refractivity contribution in [3.05, 3.63) is 0 Å². The van der Waals surface area contributed by atoms with Gasteiger partial charge >= 0.3 is 39.5 Å². The molecule has 0 aliphatic rings. The summed E-state index contributed by atoms with van der Waals surface area (Å²) >= 11 is 0. The standard InChI is InChI=1S/C84H164O17P2/c1-7-10-12-14-16-18-20-22-24-26-28-29-31-33-35-37-42-50-56-62-68-83(88)100-79(72-94-81(86)66-60-54-48-41-36-34-32-30-27-25-23-21-19-17-15-13-11-8-2)74-98-102(90,91)96-70-78(85)71-97-103(92,93)99-75-80(73-95-82(87)67-61-55-49-45-44-46-52-58-64-76(4)5)101-84(89)69-63-57-51-43-39-38-40-47-53-59-65-77(6)9-3/h76-80,85H,7-75H2,1-6H3,(H,90,91)(H,92,93)/t77?,78-,79-,80-/m1/s1. The van der Waals surface area contributed by atoms with Crippen molar-refractivity contribution in [1.82, 2.24) is 0 Å². The van der Waals surface area contributed by atoms with Crippen LogP contribution in [0.5, 0.6) is 0 Å². The van der Waals surface area contributed by atoms with Crippen molar-refractivity contribution >= 4 is 39.5 Å². The Morgan fingerprint density at radius 2 is 0.495 bits per heavy atom. The molecule has 0 bridgehead atoms. The molecule has 0 aromatic heterocycles. The van der Waals surface area contributed by atoms with E-state index in [1.54, 1.807) is 0 Å². The Labute approximate surface area is 632 Å². The number of hydrogen-bond donors (Lipinski definition) is 3. The highest BCUT2D eigenvalue weighted by molar-refractivity contribution is 7.47. The zero-order valence-electron chi connectivity index (χ0n) is 67.6. The summed E-state index contributed by atoms with van der Waals surface area (Å²) in [5, 5.41) is 10.7. The van der Waals surface area contributed by atoms with Gasteiger partial charge in [0.15, 0.2) is 12.2 Å². The van der Waals surface area contributed by atoms with Crippen LogP contribution in [0.15, 0.2) is 0 Å². The van der Waals surface area contributed by atoms with Crippen LogP contribution in [0.2, 0.25) is 0 Å². The Kier molecular flexibility index (Phi) is 74.1. The molecule has 0 aliphatic heterocycles. The SMILES string of the molecule is CCCCCCCCCCCCCCCCCCCCCCC(=O)O[C@H](COC(=O)CCCCCCCCCCCCCCCCCCCC)COP(=O)(O)OC[C@@H](O)COP(=O)(O)OC[C@@H](COC(=O)CCCCCCCCCCC(C)C)OC(=O)CCCCCCCCCCCCC(C)CC. The van der Waals surface area contributed by atoms with E-state index in [2.05, 4.69) is 41.5 Å². The summed E-state index contributed by atoms with van der Waals surface area (Å²) in [4.78, 5) is 73.2. The van der Waals surface area contributed by atoms with Gasteiger partial charge in [-0.25, -0.2) is 9.13 Å². The molecular weight excluding hydrogens is 1340 g/mol. The summed E-state index contributed by atoms with van der Waals surface area (Å²) in [7, 11) is -9.93. The highest BCUT2D eigenvalue weighted by Crippen LogP contribution is 2.45. The van der Waals surface area contributed by atoms with Gasteiger partial charge in [0.1, 0.15) is 19.3 Å². The van der Waals surface area contributed by atoms with Crippen molar-refractivity contribution in [3.8, 4) is 0 Å². The third-order valence-corrected chi connectivity index (χ3v) is 22.0. The van der Waals surface area contributed by atoms with Crippen LogP contribution in [0.3, 0.4) is 0 Å². The Hall–Kier alpha value is -1.94. The topological polar surface area (TPSA) is 237 Å². The maximum absolute atomic E-state index is 13.1. The predicted molar refractivity (Wildman–Crippen MR) is 423 cm³/mol. The molecule has 0 aromatic carbocycles. The summed E-state index contributed by atoms with van der Waals surface area (Å²) in [6.07, 6.45) is 66.7. The van der Waals surface area contributed by atoms with Crippen LogP contribution in [0, 0.1) is 11.8 Å². The molecule has 0 radical (unpaired) electrons. The lowest BCUT2D eigenvalue weighted by Crippen LogP contribution is -2.30. The van der Waals surface area contributed by atoms with Crippen LogP contribution in [0.25, 0.3) is 0 Å². The van der Waals surface area contributed by atoms with Gasteiger partial charge in [-0.2, -0.15) is 0 Å². The lowest BCUT2D eigenvalue weighted by Gasteiger charge is -2.21. The van der Waals surface area contributed by atoms with Gasteiger partial charge in [0.2, 0.25) is 0 Å². The summed E-state index contributed by atoms with van der Waals surface area (Å²) in [5.74, 6) is -0.577. The molecule has 3 N–H and O–H groups in total. The smallest absolute Gasteiger partial charge is 0.462 e. The van der Waals surface area contributed by atoms with Crippen LogP contribution >= 0.6 is 15.6 Å². The minimum absolute atomic E-state index is 0.106. The van der Waals surface area contributed by atoms with Crippen LogP contribution in [0.1, 0.15) is 446 Å². The van der Waals surface area contributed by atoms with Crippen molar-refractivity contribution in [2.75, 3.05) is 39.6 Å². The maximum Gasteiger partial charge on any atom is 0.472 e. The summed E-state index contributed by atoms with van der Waals surface area (Å²) in [5.41, 5.74) is 0. The first-order chi connectivity index (χ1) is 49.9. The summed E-state index contributed by atoms with van der Waals surface area (Å²) < 4.78 is 68.8. The third kappa shape index (κ3) is 76.6. The number of carbonyl (C=O) groups is 4. The number of carbonyl (C=O) groups excluding carboxylic acids is 4. The van der Waals surface area contributed by atoms with Gasteiger partial charge in [-0.3, -0.25) is 37.3 Å². The average Bonchev–Trinajstić information content (AvgIpc) is 0.912. The molecule has 612 valence electrons. The van der Waals surface area contributed by atoms with E-state index in [4.69, 9.17) is 37.0 Å². The second-order valence-electron chi connectivity index (χ2n) is 30.9. The lowest BCUT2D eigenvalue weighted by molar-refractivity contribution is -0.161. The summed E-state index contributed by atoms with van der Waals surface area (Å²) in [6.45, 7) is 9.64. The van der Waals surface area contributed by atoms with Gasteiger partial charge in [0, 0.05) is 25.7 Å². The second-order valence-corrected chi connectivity index (χ2v) is 33.8. The first kappa shape index (κ1) is 101. The molecule has 0 saturated heterocycles. The molecule has 17 nitrogen and oxygen atoms in total. The first-order valence-corrected chi connectivity index (χ1v) is 46.5. The molecule has 0 aliphatic carbocycles. The number of aliphatic hydroxyl groups is 1. The summed E-state index contributed by atoms with van der Waals surface area (Å²) in [6, 6.07) is 0. The van der Waals surface area contributed by atoms with Gasteiger partial charge < -0.3 is 33.8 Å². The predicted octanol–water partition coefficient (Wildman–Crippen LogP) is 25.5. The van der Waals surface area contributed by atoms with Gasteiger partial charge in [-0.05, 0) is 37.5 Å². The van der Waals surface area contributed by atoms with Crippen molar-refractivity contribution in [2.24, 2.45) is 11.8 Å². The van der Waals surface area contributed by atoms with E-state index in [1.165, 1.54) is 263 Å².